The number of likely N-dealkylation sites (N-methyl/N-ethyl adjacent to an activating group) is 1. The maximum absolute atomic E-state index is 13.0. The van der Waals surface area contributed by atoms with Crippen molar-refractivity contribution in [1.29, 1.82) is 0 Å². The first kappa shape index (κ1) is 18.5. The van der Waals surface area contributed by atoms with Crippen molar-refractivity contribution in [3.8, 4) is 0 Å². The largest absolute Gasteiger partial charge is 0.373 e. The van der Waals surface area contributed by atoms with Crippen molar-refractivity contribution in [2.75, 3.05) is 39.0 Å². The van der Waals surface area contributed by atoms with Crippen LogP contribution in [-0.2, 0) is 13.0 Å². The predicted octanol–water partition coefficient (Wildman–Crippen LogP) is 2.39. The molecule has 8 nitrogen and oxygen atoms in total. The summed E-state index contributed by atoms with van der Waals surface area (Å²) in [7, 11) is 4.04. The Morgan fingerprint density at radius 2 is 2.07 bits per heavy atom. The van der Waals surface area contributed by atoms with Gasteiger partial charge in [-0.3, -0.25) is 4.79 Å². The second kappa shape index (κ2) is 7.40. The van der Waals surface area contributed by atoms with E-state index in [2.05, 4.69) is 22.4 Å². The highest BCUT2D eigenvalue weighted by Gasteiger charge is 2.33. The molecule has 2 aliphatic heterocycles. The maximum atomic E-state index is 13.0. The molecule has 1 saturated carbocycles. The minimum atomic E-state index is -0.0446. The zero-order valence-electron chi connectivity index (χ0n) is 17.1. The third-order valence-corrected chi connectivity index (χ3v) is 6.31. The molecule has 0 bridgehead atoms. The summed E-state index contributed by atoms with van der Waals surface area (Å²) in [6, 6.07) is 1.83. The summed E-state index contributed by atoms with van der Waals surface area (Å²) < 4.78 is 5.38. The van der Waals surface area contributed by atoms with Crippen molar-refractivity contribution >= 4 is 11.7 Å². The molecule has 0 aromatic carbocycles. The maximum Gasteiger partial charge on any atom is 0.276 e. The van der Waals surface area contributed by atoms with E-state index in [9.17, 15) is 4.79 Å². The topological polar surface area (TPSA) is 87.4 Å². The van der Waals surface area contributed by atoms with E-state index in [0.29, 0.717) is 18.2 Å². The molecule has 1 aliphatic carbocycles. The van der Waals surface area contributed by atoms with Crippen LogP contribution >= 0.6 is 0 Å². The Morgan fingerprint density at radius 1 is 1.21 bits per heavy atom. The highest BCUT2D eigenvalue weighted by Crippen LogP contribution is 2.40. The Labute approximate surface area is 170 Å². The molecule has 0 unspecified atom stereocenters. The molecule has 1 atom stereocenters. The predicted molar refractivity (Wildman–Crippen MR) is 108 cm³/mol. The molecule has 0 spiro atoms. The number of likely N-dealkylation sites (tertiary alicyclic amines) is 1. The highest BCUT2D eigenvalue weighted by atomic mass is 16.5. The van der Waals surface area contributed by atoms with Crippen LogP contribution in [0.3, 0.4) is 0 Å². The average Bonchev–Trinajstić information content (AvgIpc) is 3.48. The number of nitrogens with zero attached hydrogens (tertiary/aromatic N) is 5. The minimum absolute atomic E-state index is 0.0446. The SMILES string of the molecule is CNc1nc([C@@H]2CCCN(C(=O)c3cc(C4CC4)on3)C2)nc2c1CCN(C)C2. The number of aromatic nitrogens is 3. The first-order chi connectivity index (χ1) is 14.1. The van der Waals surface area contributed by atoms with Gasteiger partial charge >= 0.3 is 0 Å². The Kier molecular flexibility index (Phi) is 4.73. The molecular formula is C21H28N6O2. The number of hydrogen-bond acceptors (Lipinski definition) is 7. The number of carbonyl (C=O) groups is 1. The number of carbonyl (C=O) groups excluding carboxylic acids is 1. The van der Waals surface area contributed by atoms with Gasteiger partial charge < -0.3 is 19.6 Å². The first-order valence-electron chi connectivity index (χ1n) is 10.6. The third-order valence-electron chi connectivity index (χ3n) is 6.31. The molecule has 5 rings (SSSR count). The van der Waals surface area contributed by atoms with Crippen molar-refractivity contribution in [2.24, 2.45) is 0 Å². The molecule has 154 valence electrons. The van der Waals surface area contributed by atoms with Crippen LogP contribution in [0.1, 0.15) is 70.8 Å². The fraction of sp³-hybridized carbons (Fsp3) is 0.619. The molecule has 2 aromatic rings. The van der Waals surface area contributed by atoms with Crippen molar-refractivity contribution < 1.29 is 9.32 Å². The van der Waals surface area contributed by atoms with Gasteiger partial charge in [-0.25, -0.2) is 9.97 Å². The molecule has 0 radical (unpaired) electrons. The van der Waals surface area contributed by atoms with Crippen LogP contribution in [0.5, 0.6) is 0 Å². The molecule has 29 heavy (non-hydrogen) atoms. The van der Waals surface area contributed by atoms with Crippen LogP contribution in [0.2, 0.25) is 0 Å². The van der Waals surface area contributed by atoms with Crippen molar-refractivity contribution in [3.05, 3.63) is 34.6 Å². The number of nitrogens with one attached hydrogen (secondary N) is 1. The molecule has 4 heterocycles. The lowest BCUT2D eigenvalue weighted by Gasteiger charge is -2.32. The number of rotatable bonds is 4. The van der Waals surface area contributed by atoms with Crippen LogP contribution in [-0.4, -0.2) is 64.6 Å². The second-order valence-corrected chi connectivity index (χ2v) is 8.57. The summed E-state index contributed by atoms with van der Waals surface area (Å²) in [5, 5.41) is 7.29. The fourth-order valence-corrected chi connectivity index (χ4v) is 4.45. The van der Waals surface area contributed by atoms with E-state index >= 15 is 0 Å². The zero-order chi connectivity index (χ0) is 20.0. The summed E-state index contributed by atoms with van der Waals surface area (Å²) in [6.45, 7) is 3.24. The van der Waals surface area contributed by atoms with Crippen molar-refractivity contribution in [2.45, 2.75) is 50.5 Å². The van der Waals surface area contributed by atoms with Crippen LogP contribution < -0.4 is 5.32 Å². The molecule has 3 aliphatic rings. The van der Waals surface area contributed by atoms with Gasteiger partial charge in [-0.1, -0.05) is 5.16 Å². The van der Waals surface area contributed by atoms with Gasteiger partial charge in [0, 0.05) is 56.7 Å². The van der Waals surface area contributed by atoms with Crippen LogP contribution in [0.15, 0.2) is 10.6 Å². The van der Waals surface area contributed by atoms with Crippen molar-refractivity contribution in [1.82, 2.24) is 24.9 Å². The number of piperidine rings is 1. The minimum Gasteiger partial charge on any atom is -0.373 e. The summed E-state index contributed by atoms with van der Waals surface area (Å²) in [5.41, 5.74) is 2.77. The fourth-order valence-electron chi connectivity index (χ4n) is 4.45. The third kappa shape index (κ3) is 3.61. The standard InChI is InChI=1S/C21H28N6O2/c1-22-20-15-7-9-26(2)12-17(15)23-19(24-20)14-4-3-8-27(11-14)21(28)16-10-18(29-25-16)13-5-6-13/h10,13-14H,3-9,11-12H2,1-2H3,(H,22,23,24)/t14-/m1/s1. The van der Waals surface area contributed by atoms with E-state index in [1.165, 1.54) is 5.56 Å². The Balaban J connectivity index is 1.36. The normalized spacial score (nSPS) is 22.4. The zero-order valence-corrected chi connectivity index (χ0v) is 17.1. The summed E-state index contributed by atoms with van der Waals surface area (Å²) in [5.74, 6) is 3.19. The monoisotopic (exact) mass is 396 g/mol. The van der Waals surface area contributed by atoms with E-state index in [-0.39, 0.29) is 11.8 Å². The average molecular weight is 396 g/mol. The van der Waals surface area contributed by atoms with Crippen LogP contribution in [0.4, 0.5) is 5.82 Å². The summed E-state index contributed by atoms with van der Waals surface area (Å²) >= 11 is 0. The molecule has 1 amide bonds. The van der Waals surface area contributed by atoms with Crippen LogP contribution in [0, 0.1) is 0 Å². The molecule has 1 N–H and O–H groups in total. The van der Waals surface area contributed by atoms with Gasteiger partial charge in [-0.2, -0.15) is 0 Å². The van der Waals surface area contributed by atoms with Gasteiger partial charge in [0.25, 0.3) is 5.91 Å². The van der Waals surface area contributed by atoms with Crippen molar-refractivity contribution in [3.63, 3.8) is 0 Å². The lowest BCUT2D eigenvalue weighted by atomic mass is 9.96. The Bertz CT molecular complexity index is 922. The quantitative estimate of drug-likeness (QED) is 0.849. The molecular weight excluding hydrogens is 368 g/mol. The molecule has 8 heteroatoms. The molecule has 2 fully saturated rings. The molecule has 1 saturated heterocycles. The summed E-state index contributed by atoms with van der Waals surface area (Å²) in [4.78, 5) is 26.9. The number of fused-ring (bicyclic) bond motifs is 1. The number of amides is 1. The van der Waals surface area contributed by atoms with Gasteiger partial charge in [0.15, 0.2) is 5.69 Å². The highest BCUT2D eigenvalue weighted by molar-refractivity contribution is 5.92. The Morgan fingerprint density at radius 3 is 2.86 bits per heavy atom. The molecule has 2 aromatic heterocycles. The first-order valence-corrected chi connectivity index (χ1v) is 10.6. The second-order valence-electron chi connectivity index (χ2n) is 8.57. The van der Waals surface area contributed by atoms with E-state index in [1.54, 1.807) is 0 Å². The summed E-state index contributed by atoms with van der Waals surface area (Å²) in [6.07, 6.45) is 5.17. The number of hydrogen-bond donors (Lipinski definition) is 1. The van der Waals surface area contributed by atoms with Gasteiger partial charge in [0.2, 0.25) is 0 Å². The Hall–Kier alpha value is -2.48. The smallest absolute Gasteiger partial charge is 0.276 e. The van der Waals surface area contributed by atoms with Crippen LogP contribution in [0.25, 0.3) is 0 Å². The lowest BCUT2D eigenvalue weighted by molar-refractivity contribution is 0.0694. The van der Waals surface area contributed by atoms with E-state index < -0.39 is 0 Å². The van der Waals surface area contributed by atoms with E-state index in [0.717, 1.165) is 74.8 Å². The van der Waals surface area contributed by atoms with Gasteiger partial charge in [-0.05, 0) is 39.2 Å². The van der Waals surface area contributed by atoms with E-state index in [1.807, 2.05) is 18.0 Å². The van der Waals surface area contributed by atoms with Gasteiger partial charge in [0.1, 0.15) is 17.4 Å². The van der Waals surface area contributed by atoms with Gasteiger partial charge in [-0.15, -0.1) is 0 Å². The lowest BCUT2D eigenvalue weighted by Crippen LogP contribution is -2.40. The van der Waals surface area contributed by atoms with E-state index in [4.69, 9.17) is 14.5 Å². The number of anilines is 1. The van der Waals surface area contributed by atoms with Gasteiger partial charge in [0.05, 0.1) is 5.69 Å².